The van der Waals surface area contributed by atoms with E-state index >= 15 is 0 Å². The molecule has 30 heavy (non-hydrogen) atoms. The fraction of sp³-hybridized carbons (Fsp3) is 0.348. The van der Waals surface area contributed by atoms with Crippen molar-refractivity contribution in [2.45, 2.75) is 24.8 Å². The monoisotopic (exact) mass is 426 g/mol. The van der Waals surface area contributed by atoms with Gasteiger partial charge in [0.25, 0.3) is 0 Å². The minimum atomic E-state index is -3.15. The summed E-state index contributed by atoms with van der Waals surface area (Å²) in [4.78, 5) is 7.38. The van der Waals surface area contributed by atoms with Crippen LogP contribution in [0.15, 0.2) is 70.6 Å². The van der Waals surface area contributed by atoms with E-state index in [4.69, 9.17) is 4.99 Å². The standard InChI is InChI=1S/C23H30N4O2S/c1-3-24-23(25-14-13-19-9-11-22(12-10-19)30(2,28)29)26-18-20-7-6-8-21(17-20)27-15-4-5-16-27/h4-12,17H,3,13-16,18H2,1-2H3,(H2,24,25,26). The molecule has 1 aliphatic rings. The van der Waals surface area contributed by atoms with Crippen molar-refractivity contribution in [3.63, 3.8) is 0 Å². The molecule has 6 nitrogen and oxygen atoms in total. The summed E-state index contributed by atoms with van der Waals surface area (Å²) in [6, 6.07) is 15.6. The summed E-state index contributed by atoms with van der Waals surface area (Å²) in [5, 5.41) is 6.63. The van der Waals surface area contributed by atoms with E-state index < -0.39 is 9.84 Å². The van der Waals surface area contributed by atoms with Gasteiger partial charge in [0.1, 0.15) is 0 Å². The van der Waals surface area contributed by atoms with Gasteiger partial charge in [-0.05, 0) is 48.7 Å². The molecule has 2 N–H and O–H groups in total. The van der Waals surface area contributed by atoms with E-state index in [9.17, 15) is 8.42 Å². The van der Waals surface area contributed by atoms with E-state index in [0.717, 1.165) is 37.6 Å². The van der Waals surface area contributed by atoms with Crippen LogP contribution < -0.4 is 15.5 Å². The Labute approximate surface area is 179 Å². The zero-order valence-corrected chi connectivity index (χ0v) is 18.5. The van der Waals surface area contributed by atoms with Gasteiger partial charge in [-0.2, -0.15) is 0 Å². The normalized spacial score (nSPS) is 14.2. The summed E-state index contributed by atoms with van der Waals surface area (Å²) < 4.78 is 23.1. The van der Waals surface area contributed by atoms with Gasteiger partial charge in [-0.15, -0.1) is 0 Å². The van der Waals surface area contributed by atoms with Crippen molar-refractivity contribution in [2.75, 3.05) is 37.3 Å². The molecule has 1 aliphatic heterocycles. The van der Waals surface area contributed by atoms with Gasteiger partial charge in [-0.1, -0.05) is 36.4 Å². The second kappa shape index (κ2) is 10.3. The first kappa shape index (κ1) is 21.9. The predicted octanol–water partition coefficient (Wildman–Crippen LogP) is 2.76. The number of sulfone groups is 1. The van der Waals surface area contributed by atoms with Gasteiger partial charge < -0.3 is 15.5 Å². The lowest BCUT2D eigenvalue weighted by molar-refractivity contribution is 0.602. The maximum atomic E-state index is 11.6. The van der Waals surface area contributed by atoms with Gasteiger partial charge in [-0.25, -0.2) is 13.4 Å². The largest absolute Gasteiger partial charge is 0.364 e. The number of aliphatic imine (C=N–C) groups is 1. The summed E-state index contributed by atoms with van der Waals surface area (Å²) in [6.45, 7) is 6.07. The highest BCUT2D eigenvalue weighted by Gasteiger charge is 2.08. The first-order valence-corrected chi connectivity index (χ1v) is 12.1. The van der Waals surface area contributed by atoms with Crippen LogP contribution in [-0.4, -0.2) is 46.8 Å². The van der Waals surface area contributed by atoms with Crippen molar-refractivity contribution >= 4 is 21.5 Å². The van der Waals surface area contributed by atoms with Crippen molar-refractivity contribution in [2.24, 2.45) is 4.99 Å². The third-order valence-corrected chi connectivity index (χ3v) is 6.04. The van der Waals surface area contributed by atoms with Crippen LogP contribution in [-0.2, 0) is 22.8 Å². The van der Waals surface area contributed by atoms with Crippen LogP contribution in [0.2, 0.25) is 0 Å². The second-order valence-corrected chi connectivity index (χ2v) is 9.35. The van der Waals surface area contributed by atoms with Crippen LogP contribution >= 0.6 is 0 Å². The molecule has 0 aromatic heterocycles. The fourth-order valence-electron chi connectivity index (χ4n) is 3.28. The molecule has 0 aliphatic carbocycles. The van der Waals surface area contributed by atoms with Crippen molar-refractivity contribution < 1.29 is 8.42 Å². The zero-order valence-electron chi connectivity index (χ0n) is 17.6. The highest BCUT2D eigenvalue weighted by atomic mass is 32.2. The molecule has 2 aromatic carbocycles. The maximum absolute atomic E-state index is 11.6. The van der Waals surface area contributed by atoms with Crippen LogP contribution in [0.5, 0.6) is 0 Å². The first-order valence-electron chi connectivity index (χ1n) is 10.3. The number of nitrogens with zero attached hydrogens (tertiary/aromatic N) is 2. The van der Waals surface area contributed by atoms with Gasteiger partial charge >= 0.3 is 0 Å². The van der Waals surface area contributed by atoms with Gasteiger partial charge in [0.05, 0.1) is 11.4 Å². The van der Waals surface area contributed by atoms with Gasteiger partial charge in [0, 0.05) is 38.1 Å². The van der Waals surface area contributed by atoms with Crippen molar-refractivity contribution in [1.82, 2.24) is 10.6 Å². The van der Waals surface area contributed by atoms with Crippen molar-refractivity contribution in [3.8, 4) is 0 Å². The van der Waals surface area contributed by atoms with Crippen LogP contribution in [0, 0.1) is 0 Å². The van der Waals surface area contributed by atoms with Crippen LogP contribution in [0.1, 0.15) is 18.1 Å². The molecule has 160 valence electrons. The smallest absolute Gasteiger partial charge is 0.191 e. The first-order chi connectivity index (χ1) is 14.5. The molecule has 0 spiro atoms. The zero-order chi connectivity index (χ0) is 21.4. The van der Waals surface area contributed by atoms with E-state index in [2.05, 4.69) is 52.0 Å². The Kier molecular flexibility index (Phi) is 7.52. The Bertz CT molecular complexity index is 990. The number of guanidine groups is 1. The number of rotatable bonds is 8. The molecule has 7 heteroatoms. The molecule has 2 aromatic rings. The summed E-state index contributed by atoms with van der Waals surface area (Å²) in [5.41, 5.74) is 3.48. The molecule has 0 atom stereocenters. The topological polar surface area (TPSA) is 73.8 Å². The minimum absolute atomic E-state index is 0.348. The highest BCUT2D eigenvalue weighted by Crippen LogP contribution is 2.19. The molecule has 0 saturated carbocycles. The molecule has 0 radical (unpaired) electrons. The summed E-state index contributed by atoms with van der Waals surface area (Å²) in [7, 11) is -3.15. The van der Waals surface area contributed by atoms with E-state index in [1.807, 2.05) is 19.1 Å². The number of hydrogen-bond acceptors (Lipinski definition) is 4. The van der Waals surface area contributed by atoms with E-state index in [0.29, 0.717) is 18.0 Å². The van der Waals surface area contributed by atoms with Gasteiger partial charge in [0.15, 0.2) is 15.8 Å². The van der Waals surface area contributed by atoms with Crippen LogP contribution in [0.3, 0.4) is 0 Å². The lowest BCUT2D eigenvalue weighted by Gasteiger charge is -2.18. The molecular formula is C23H30N4O2S. The Morgan fingerprint density at radius 1 is 1.03 bits per heavy atom. The second-order valence-electron chi connectivity index (χ2n) is 7.33. The summed E-state index contributed by atoms with van der Waals surface area (Å²) in [5.74, 6) is 0.776. The van der Waals surface area contributed by atoms with Gasteiger partial charge in [-0.3, -0.25) is 0 Å². The maximum Gasteiger partial charge on any atom is 0.191 e. The third kappa shape index (κ3) is 6.35. The molecule has 3 rings (SSSR count). The van der Waals surface area contributed by atoms with Crippen molar-refractivity contribution in [1.29, 1.82) is 0 Å². The molecule has 0 saturated heterocycles. The Hall–Kier alpha value is -2.80. The molecule has 1 heterocycles. The molecule has 0 bridgehead atoms. The highest BCUT2D eigenvalue weighted by molar-refractivity contribution is 7.90. The summed E-state index contributed by atoms with van der Waals surface area (Å²) in [6.07, 6.45) is 6.38. The van der Waals surface area contributed by atoms with Gasteiger partial charge in [0.2, 0.25) is 0 Å². The number of benzene rings is 2. The molecular weight excluding hydrogens is 396 g/mol. The third-order valence-electron chi connectivity index (χ3n) is 4.92. The van der Waals surface area contributed by atoms with E-state index in [1.54, 1.807) is 12.1 Å². The molecule has 0 amide bonds. The molecule has 0 fully saturated rings. The average Bonchev–Trinajstić information content (AvgIpc) is 3.27. The fourth-order valence-corrected chi connectivity index (χ4v) is 3.91. The quantitative estimate of drug-likeness (QED) is 0.386. The number of hydrogen-bond donors (Lipinski definition) is 2. The lowest BCUT2D eigenvalue weighted by atomic mass is 10.1. The Morgan fingerprint density at radius 2 is 1.77 bits per heavy atom. The van der Waals surface area contributed by atoms with E-state index in [-0.39, 0.29) is 0 Å². The number of anilines is 1. The van der Waals surface area contributed by atoms with Crippen molar-refractivity contribution in [3.05, 3.63) is 71.8 Å². The SMILES string of the molecule is CCNC(=NCc1cccc(N2CC=CC2)c1)NCCc1ccc(S(C)(=O)=O)cc1. The van der Waals surface area contributed by atoms with Crippen LogP contribution in [0.4, 0.5) is 5.69 Å². The summed E-state index contributed by atoms with van der Waals surface area (Å²) >= 11 is 0. The Balaban J connectivity index is 1.55. The minimum Gasteiger partial charge on any atom is -0.364 e. The lowest BCUT2D eigenvalue weighted by Crippen LogP contribution is -2.38. The van der Waals surface area contributed by atoms with Crippen LogP contribution in [0.25, 0.3) is 0 Å². The van der Waals surface area contributed by atoms with E-state index in [1.165, 1.54) is 17.5 Å². The average molecular weight is 427 g/mol. The predicted molar refractivity (Wildman–Crippen MR) is 124 cm³/mol. The Morgan fingerprint density at radius 3 is 2.43 bits per heavy atom. The molecule has 0 unspecified atom stereocenters. The number of nitrogens with one attached hydrogen (secondary N) is 2.